The number of carbonyl (C=O) groups excluding carboxylic acids is 1. The summed E-state index contributed by atoms with van der Waals surface area (Å²) in [4.78, 5) is 20.7. The van der Waals surface area contributed by atoms with Gasteiger partial charge in [-0.05, 0) is 88.8 Å². The van der Waals surface area contributed by atoms with E-state index in [-0.39, 0.29) is 11.8 Å². The first-order valence-electron chi connectivity index (χ1n) is 13.9. The molecule has 10 heteroatoms. The second-order valence-corrected chi connectivity index (χ2v) is 11.2. The highest BCUT2D eigenvalue weighted by Gasteiger charge is 2.31. The van der Waals surface area contributed by atoms with Gasteiger partial charge in [-0.15, -0.1) is 22.8 Å². The van der Waals surface area contributed by atoms with Crippen molar-refractivity contribution in [2.24, 2.45) is 5.92 Å². The molecule has 1 N–H and O–H groups in total. The number of nitrogens with zero attached hydrogens (tertiary/aromatic N) is 5. The molecule has 2 saturated heterocycles. The molecule has 0 unspecified atom stereocenters. The van der Waals surface area contributed by atoms with Gasteiger partial charge in [0.05, 0.1) is 13.7 Å². The average Bonchev–Trinajstić information content (AvgIpc) is 3.36. The Hall–Kier alpha value is -2.14. The maximum Gasteiger partial charge on any atom is 0.311 e. The Morgan fingerprint density at radius 3 is 2.26 bits per heavy atom. The first-order valence-corrected chi connectivity index (χ1v) is 14.4. The summed E-state index contributed by atoms with van der Waals surface area (Å²) in [5.74, 6) is 2.13. The average molecular weight is 545 g/mol. The van der Waals surface area contributed by atoms with Crippen LogP contribution in [0.15, 0.2) is 21.4 Å². The molecule has 38 heavy (non-hydrogen) atoms. The molecule has 2 aromatic rings. The van der Waals surface area contributed by atoms with Gasteiger partial charge in [-0.1, -0.05) is 6.42 Å². The van der Waals surface area contributed by atoms with Crippen molar-refractivity contribution in [3.63, 3.8) is 0 Å². The molecule has 1 aromatic carbocycles. The van der Waals surface area contributed by atoms with Gasteiger partial charge in [0.1, 0.15) is 5.75 Å². The number of piperazine rings is 1. The van der Waals surface area contributed by atoms with Gasteiger partial charge in [-0.3, -0.25) is 9.69 Å². The molecule has 3 aliphatic rings. The summed E-state index contributed by atoms with van der Waals surface area (Å²) in [7, 11) is 3.48. The van der Waals surface area contributed by atoms with Gasteiger partial charge >= 0.3 is 11.8 Å². The quantitative estimate of drug-likeness (QED) is 0.513. The normalized spacial score (nSPS) is 19.6. The number of rotatable bonds is 7. The van der Waals surface area contributed by atoms with E-state index < -0.39 is 0 Å². The molecule has 1 amide bonds. The van der Waals surface area contributed by atoms with Gasteiger partial charge < -0.3 is 24.3 Å². The zero-order valence-corrected chi connectivity index (χ0v) is 24.3. The highest BCUT2D eigenvalue weighted by Crippen LogP contribution is 2.29. The van der Waals surface area contributed by atoms with Crippen molar-refractivity contribution in [2.75, 3.05) is 60.0 Å². The summed E-state index contributed by atoms with van der Waals surface area (Å²) < 4.78 is 10.5. The number of amides is 1. The van der Waals surface area contributed by atoms with Crippen LogP contribution in [0.4, 0.5) is 0 Å². The molecule has 0 radical (unpaired) electrons. The molecule has 0 spiro atoms. The third-order valence-electron chi connectivity index (χ3n) is 8.09. The van der Waals surface area contributed by atoms with Crippen LogP contribution in [0.5, 0.6) is 5.75 Å². The van der Waals surface area contributed by atoms with E-state index in [0.717, 1.165) is 59.9 Å². The predicted molar refractivity (Wildman–Crippen MR) is 151 cm³/mol. The highest BCUT2D eigenvalue weighted by atomic mass is 32.1. The van der Waals surface area contributed by atoms with Crippen LogP contribution in [0, 0.1) is 19.8 Å². The number of nitrogens with one attached hydrogen (secondary N) is 1. The molecule has 0 atom stereocenters. The van der Waals surface area contributed by atoms with Crippen LogP contribution in [-0.2, 0) is 6.54 Å². The number of likely N-dealkylation sites (tertiary alicyclic amines) is 1. The van der Waals surface area contributed by atoms with E-state index in [2.05, 4.69) is 37.9 Å². The Morgan fingerprint density at radius 1 is 1.05 bits per heavy atom. The monoisotopic (exact) mass is 544 g/mol. The number of thiol groups is 1. The minimum atomic E-state index is -0.140. The van der Waals surface area contributed by atoms with Gasteiger partial charge in [0, 0.05) is 43.7 Å². The number of aryl methyl sites for hydroxylation is 2. The summed E-state index contributed by atoms with van der Waals surface area (Å²) in [6, 6.07) is 4.85. The van der Waals surface area contributed by atoms with Crippen molar-refractivity contribution in [1.82, 2.24) is 30.2 Å². The molecule has 1 aromatic heterocycles. The second-order valence-electron chi connectivity index (χ2n) is 10.8. The zero-order valence-electron chi connectivity index (χ0n) is 23.4. The Labute approximate surface area is 232 Å². The number of methoxy groups -OCH3 is 1. The lowest BCUT2D eigenvalue weighted by Crippen LogP contribution is -2.51. The zero-order chi connectivity index (χ0) is 27.1. The van der Waals surface area contributed by atoms with E-state index >= 15 is 0 Å². The number of carbonyl (C=O) groups is 1. The van der Waals surface area contributed by atoms with Gasteiger partial charge in [0.15, 0.2) is 0 Å². The number of piperidine rings is 1. The van der Waals surface area contributed by atoms with Crippen molar-refractivity contribution < 1.29 is 13.9 Å². The maximum absolute atomic E-state index is 12.5. The van der Waals surface area contributed by atoms with E-state index in [1.165, 1.54) is 51.7 Å². The smallest absolute Gasteiger partial charge is 0.311 e. The van der Waals surface area contributed by atoms with E-state index in [1.54, 1.807) is 7.11 Å². The van der Waals surface area contributed by atoms with Crippen molar-refractivity contribution in [1.29, 1.82) is 0 Å². The first-order chi connectivity index (χ1) is 18.4. The topological polar surface area (TPSA) is 87.0 Å². The van der Waals surface area contributed by atoms with Crippen LogP contribution in [-0.4, -0.2) is 96.8 Å². The predicted octanol–water partition coefficient (Wildman–Crippen LogP) is 3.41. The Kier molecular flexibility index (Phi) is 10.5. The SMILES string of the molecule is CNCc1nnc(C(=O)N2CCN(CC3CCN(C4CCC4)CC3)CC2)o1.COc1cc(C)c(S)c(C)c1. The lowest BCUT2D eigenvalue weighted by atomic mass is 9.87. The lowest BCUT2D eigenvalue weighted by molar-refractivity contribution is 0.0489. The van der Waals surface area contributed by atoms with E-state index in [1.807, 2.05) is 37.9 Å². The summed E-state index contributed by atoms with van der Waals surface area (Å²) in [5.41, 5.74) is 2.32. The van der Waals surface area contributed by atoms with Gasteiger partial charge in [0.2, 0.25) is 5.89 Å². The third-order valence-corrected chi connectivity index (χ3v) is 8.80. The molecule has 0 bridgehead atoms. The Balaban J connectivity index is 0.000000257. The van der Waals surface area contributed by atoms with Gasteiger partial charge in [0.25, 0.3) is 0 Å². The third kappa shape index (κ3) is 7.49. The summed E-state index contributed by atoms with van der Waals surface area (Å²) >= 11 is 4.34. The van der Waals surface area contributed by atoms with Crippen LogP contribution in [0.1, 0.15) is 59.8 Å². The molecule has 3 heterocycles. The first kappa shape index (κ1) is 28.9. The lowest BCUT2D eigenvalue weighted by Gasteiger charge is -2.43. The van der Waals surface area contributed by atoms with Gasteiger partial charge in [-0.2, -0.15) is 0 Å². The maximum atomic E-state index is 12.5. The Bertz CT molecular complexity index is 1020. The number of ether oxygens (including phenoxy) is 1. The van der Waals surface area contributed by atoms with Crippen LogP contribution < -0.4 is 10.1 Å². The molecule has 2 aliphatic heterocycles. The molecular weight excluding hydrogens is 500 g/mol. The van der Waals surface area contributed by atoms with Crippen molar-refractivity contribution in [3.8, 4) is 5.75 Å². The fourth-order valence-corrected chi connectivity index (χ4v) is 5.61. The number of hydrogen-bond acceptors (Lipinski definition) is 9. The Morgan fingerprint density at radius 2 is 1.71 bits per heavy atom. The molecule has 5 rings (SSSR count). The minimum Gasteiger partial charge on any atom is -0.497 e. The second kappa shape index (κ2) is 13.8. The van der Waals surface area contributed by atoms with E-state index in [0.29, 0.717) is 12.4 Å². The van der Waals surface area contributed by atoms with Crippen molar-refractivity contribution >= 4 is 18.5 Å². The molecule has 3 fully saturated rings. The molecule has 1 saturated carbocycles. The van der Waals surface area contributed by atoms with Crippen LogP contribution in [0.2, 0.25) is 0 Å². The molecule has 9 nitrogen and oxygen atoms in total. The largest absolute Gasteiger partial charge is 0.497 e. The summed E-state index contributed by atoms with van der Waals surface area (Å²) in [6.45, 7) is 11.6. The number of hydrogen-bond donors (Lipinski definition) is 2. The van der Waals surface area contributed by atoms with E-state index in [4.69, 9.17) is 9.15 Å². The fourth-order valence-electron chi connectivity index (χ4n) is 5.48. The molecular formula is C28H44N6O3S. The molecule has 1 aliphatic carbocycles. The van der Waals surface area contributed by atoms with E-state index in [9.17, 15) is 4.79 Å². The number of aromatic nitrogens is 2. The highest BCUT2D eigenvalue weighted by molar-refractivity contribution is 7.80. The summed E-state index contributed by atoms with van der Waals surface area (Å²) in [6.07, 6.45) is 6.90. The van der Waals surface area contributed by atoms with Crippen LogP contribution >= 0.6 is 12.6 Å². The van der Waals surface area contributed by atoms with Gasteiger partial charge in [-0.25, -0.2) is 0 Å². The summed E-state index contributed by atoms with van der Waals surface area (Å²) in [5, 5.41) is 10.7. The van der Waals surface area contributed by atoms with Crippen molar-refractivity contribution in [3.05, 3.63) is 35.0 Å². The van der Waals surface area contributed by atoms with Crippen LogP contribution in [0.25, 0.3) is 0 Å². The molecule has 210 valence electrons. The fraction of sp³-hybridized carbons (Fsp3) is 0.679. The van der Waals surface area contributed by atoms with Crippen LogP contribution in [0.3, 0.4) is 0 Å². The standard InChI is InChI=1S/C19H32N6O2.C9H12OS/c1-20-13-17-21-22-18(27-17)19(26)25-11-9-23(10-12-25)14-15-5-7-24(8-6-15)16-3-2-4-16;1-6-4-8(10-3)5-7(2)9(6)11/h15-16,20H,2-14H2,1H3;4-5,11H,1-3H3. The van der Waals surface area contributed by atoms with Crippen molar-refractivity contribution in [2.45, 2.75) is 63.4 Å². The minimum absolute atomic E-state index is 0.108. The number of benzene rings is 1.